The Morgan fingerprint density at radius 1 is 1.50 bits per heavy atom. The summed E-state index contributed by atoms with van der Waals surface area (Å²) in [6.45, 7) is 5.01. The van der Waals surface area contributed by atoms with Crippen LogP contribution in [0.25, 0.3) is 0 Å². The van der Waals surface area contributed by atoms with Crippen molar-refractivity contribution >= 4 is 21.7 Å². The Morgan fingerprint density at radius 2 is 2.25 bits per heavy atom. The molecule has 88 valence electrons. The average Bonchev–Trinajstić information content (AvgIpc) is 2.29. The molecular weight excluding hydrogens is 268 g/mol. The molecule has 1 saturated heterocycles. The van der Waals surface area contributed by atoms with Gasteiger partial charge in [-0.1, -0.05) is 6.92 Å². The molecule has 3 nitrogen and oxygen atoms in total. The van der Waals surface area contributed by atoms with Crippen molar-refractivity contribution in [2.75, 3.05) is 25.1 Å². The quantitative estimate of drug-likeness (QED) is 0.926. The van der Waals surface area contributed by atoms with Gasteiger partial charge in [0.05, 0.1) is 4.47 Å². The van der Waals surface area contributed by atoms with Crippen LogP contribution in [0.4, 0.5) is 5.82 Å². The van der Waals surface area contributed by atoms with Gasteiger partial charge in [0.25, 0.3) is 0 Å². The third kappa shape index (κ3) is 2.95. The molecule has 0 aromatic carbocycles. The van der Waals surface area contributed by atoms with Gasteiger partial charge in [0, 0.05) is 26.0 Å². The summed E-state index contributed by atoms with van der Waals surface area (Å²) in [6, 6.07) is 3.92. The van der Waals surface area contributed by atoms with Gasteiger partial charge in [-0.15, -0.1) is 0 Å². The predicted molar refractivity (Wildman–Crippen MR) is 68.6 cm³/mol. The molecule has 0 aliphatic carbocycles. The van der Waals surface area contributed by atoms with Crippen molar-refractivity contribution in [2.45, 2.75) is 19.8 Å². The van der Waals surface area contributed by atoms with Gasteiger partial charge in [0.2, 0.25) is 0 Å². The van der Waals surface area contributed by atoms with Crippen LogP contribution in [0.15, 0.2) is 22.8 Å². The van der Waals surface area contributed by atoms with Crippen molar-refractivity contribution in [3.63, 3.8) is 0 Å². The average molecular weight is 285 g/mol. The summed E-state index contributed by atoms with van der Waals surface area (Å²) in [7, 11) is 0. The Labute approximate surface area is 105 Å². The van der Waals surface area contributed by atoms with Gasteiger partial charge in [-0.3, -0.25) is 0 Å². The highest BCUT2D eigenvalue weighted by Gasteiger charge is 2.27. The molecule has 0 unspecified atom stereocenters. The number of nitrogens with one attached hydrogen (secondary N) is 1. The minimum Gasteiger partial charge on any atom is -0.381 e. The molecule has 0 bridgehead atoms. The standard InChI is InChI=1S/C12H17BrN2O/c1-12(4-7-16-8-5-12)9-15-11-10(13)3-2-6-14-11/h2-3,6H,4-5,7-9H2,1H3,(H,14,15). The summed E-state index contributed by atoms with van der Waals surface area (Å²) >= 11 is 3.49. The highest BCUT2D eigenvalue weighted by Crippen LogP contribution is 2.30. The first kappa shape index (κ1) is 11.9. The van der Waals surface area contributed by atoms with Crippen LogP contribution in [-0.4, -0.2) is 24.7 Å². The van der Waals surface area contributed by atoms with E-state index in [0.29, 0.717) is 5.41 Å². The Kier molecular flexibility index (Phi) is 3.82. The maximum Gasteiger partial charge on any atom is 0.140 e. The number of hydrogen-bond donors (Lipinski definition) is 1. The highest BCUT2D eigenvalue weighted by atomic mass is 79.9. The molecule has 2 heterocycles. The minimum atomic E-state index is 0.329. The molecule has 2 rings (SSSR count). The Hall–Kier alpha value is -0.610. The van der Waals surface area contributed by atoms with Crippen molar-refractivity contribution in [1.29, 1.82) is 0 Å². The van der Waals surface area contributed by atoms with Crippen LogP contribution < -0.4 is 5.32 Å². The highest BCUT2D eigenvalue weighted by molar-refractivity contribution is 9.10. The first-order chi connectivity index (χ1) is 7.70. The number of anilines is 1. The monoisotopic (exact) mass is 284 g/mol. The second kappa shape index (κ2) is 5.15. The van der Waals surface area contributed by atoms with E-state index in [4.69, 9.17) is 4.74 Å². The minimum absolute atomic E-state index is 0.329. The van der Waals surface area contributed by atoms with E-state index in [0.717, 1.165) is 42.9 Å². The van der Waals surface area contributed by atoms with Crippen LogP contribution in [0.3, 0.4) is 0 Å². The number of nitrogens with zero attached hydrogens (tertiary/aromatic N) is 1. The van der Waals surface area contributed by atoms with Gasteiger partial charge in [0.15, 0.2) is 0 Å². The predicted octanol–water partition coefficient (Wildman–Crippen LogP) is 3.07. The lowest BCUT2D eigenvalue weighted by atomic mass is 9.82. The van der Waals surface area contributed by atoms with E-state index in [1.165, 1.54) is 0 Å². The second-order valence-electron chi connectivity index (χ2n) is 4.61. The summed E-state index contributed by atoms with van der Waals surface area (Å²) in [4.78, 5) is 4.30. The smallest absolute Gasteiger partial charge is 0.140 e. The van der Waals surface area contributed by atoms with Gasteiger partial charge < -0.3 is 10.1 Å². The van der Waals surface area contributed by atoms with Gasteiger partial charge >= 0.3 is 0 Å². The fourth-order valence-corrected chi connectivity index (χ4v) is 2.25. The molecule has 0 saturated carbocycles. The molecule has 0 spiro atoms. The number of pyridine rings is 1. The zero-order chi connectivity index (χ0) is 11.4. The number of aromatic nitrogens is 1. The summed E-state index contributed by atoms with van der Waals surface area (Å²) in [5, 5.41) is 3.41. The molecule has 0 amide bonds. The molecular formula is C12H17BrN2O. The third-order valence-corrected chi connectivity index (χ3v) is 3.78. The molecule has 0 radical (unpaired) electrons. The lowest BCUT2D eigenvalue weighted by Gasteiger charge is -2.33. The van der Waals surface area contributed by atoms with E-state index < -0.39 is 0 Å². The van der Waals surface area contributed by atoms with Crippen LogP contribution in [0.1, 0.15) is 19.8 Å². The van der Waals surface area contributed by atoms with Crippen molar-refractivity contribution in [1.82, 2.24) is 4.98 Å². The van der Waals surface area contributed by atoms with E-state index in [1.807, 2.05) is 12.1 Å². The molecule has 1 N–H and O–H groups in total. The van der Waals surface area contributed by atoms with Crippen LogP contribution in [0.2, 0.25) is 0 Å². The van der Waals surface area contributed by atoms with Crippen molar-refractivity contribution in [2.24, 2.45) is 5.41 Å². The maximum atomic E-state index is 5.39. The Morgan fingerprint density at radius 3 is 2.94 bits per heavy atom. The van der Waals surface area contributed by atoms with Crippen molar-refractivity contribution in [3.05, 3.63) is 22.8 Å². The lowest BCUT2D eigenvalue weighted by molar-refractivity contribution is 0.0299. The van der Waals surface area contributed by atoms with E-state index in [2.05, 4.69) is 33.2 Å². The molecule has 16 heavy (non-hydrogen) atoms. The third-order valence-electron chi connectivity index (χ3n) is 3.14. The fourth-order valence-electron chi connectivity index (χ4n) is 1.85. The lowest BCUT2D eigenvalue weighted by Crippen LogP contribution is -2.33. The van der Waals surface area contributed by atoms with Crippen LogP contribution in [-0.2, 0) is 4.74 Å². The Balaban J connectivity index is 1.94. The normalized spacial score (nSPS) is 19.4. The van der Waals surface area contributed by atoms with E-state index >= 15 is 0 Å². The first-order valence-corrected chi connectivity index (χ1v) is 6.41. The van der Waals surface area contributed by atoms with Gasteiger partial charge in [-0.2, -0.15) is 0 Å². The molecule has 1 aliphatic heterocycles. The largest absolute Gasteiger partial charge is 0.381 e. The molecule has 0 atom stereocenters. The number of halogens is 1. The SMILES string of the molecule is CC1(CNc2ncccc2Br)CCOCC1. The van der Waals surface area contributed by atoms with Crippen molar-refractivity contribution in [3.8, 4) is 0 Å². The van der Waals surface area contributed by atoms with E-state index in [-0.39, 0.29) is 0 Å². The number of rotatable bonds is 3. The maximum absolute atomic E-state index is 5.39. The zero-order valence-corrected chi connectivity index (χ0v) is 11.1. The molecule has 1 aromatic rings. The Bertz CT molecular complexity index is 351. The van der Waals surface area contributed by atoms with Gasteiger partial charge in [0.1, 0.15) is 5.82 Å². The second-order valence-corrected chi connectivity index (χ2v) is 5.46. The summed E-state index contributed by atoms with van der Waals surface area (Å²) in [6.07, 6.45) is 4.04. The molecule has 1 aliphatic rings. The van der Waals surface area contributed by atoms with Crippen LogP contribution in [0.5, 0.6) is 0 Å². The van der Waals surface area contributed by atoms with Gasteiger partial charge in [-0.25, -0.2) is 4.98 Å². The molecule has 4 heteroatoms. The van der Waals surface area contributed by atoms with Crippen LogP contribution >= 0.6 is 15.9 Å². The fraction of sp³-hybridized carbons (Fsp3) is 0.583. The van der Waals surface area contributed by atoms with E-state index in [1.54, 1.807) is 6.20 Å². The van der Waals surface area contributed by atoms with E-state index in [9.17, 15) is 0 Å². The summed E-state index contributed by atoms with van der Waals surface area (Å²) in [5.41, 5.74) is 0.329. The van der Waals surface area contributed by atoms with Crippen LogP contribution in [0, 0.1) is 5.41 Å². The number of hydrogen-bond acceptors (Lipinski definition) is 3. The molecule has 1 aromatic heterocycles. The first-order valence-electron chi connectivity index (χ1n) is 5.62. The van der Waals surface area contributed by atoms with Gasteiger partial charge in [-0.05, 0) is 46.3 Å². The summed E-state index contributed by atoms with van der Waals surface area (Å²) < 4.78 is 6.41. The number of ether oxygens (including phenoxy) is 1. The molecule has 1 fully saturated rings. The topological polar surface area (TPSA) is 34.2 Å². The van der Waals surface area contributed by atoms with Crippen molar-refractivity contribution < 1.29 is 4.74 Å². The summed E-state index contributed by atoms with van der Waals surface area (Å²) in [5.74, 6) is 0.926. The zero-order valence-electron chi connectivity index (χ0n) is 9.50.